The summed E-state index contributed by atoms with van der Waals surface area (Å²) in [4.78, 5) is 21.8. The van der Waals surface area contributed by atoms with Crippen LogP contribution < -0.4 is 5.56 Å². The topological polar surface area (TPSA) is 95.3 Å². The van der Waals surface area contributed by atoms with Crippen molar-refractivity contribution >= 4 is 5.97 Å². The second kappa shape index (κ2) is 3.45. The first-order valence-corrected chi connectivity index (χ1v) is 4.48. The van der Waals surface area contributed by atoms with Crippen molar-refractivity contribution < 1.29 is 15.0 Å². The Hall–Kier alpha value is -1.72. The van der Waals surface area contributed by atoms with E-state index in [-0.39, 0.29) is 11.4 Å². The van der Waals surface area contributed by atoms with Gasteiger partial charge in [0.05, 0.1) is 17.5 Å². The molecule has 0 aliphatic heterocycles. The minimum absolute atomic E-state index is 0.113. The van der Waals surface area contributed by atoms with E-state index in [0.717, 1.165) is 0 Å². The number of carboxylic acids is 1. The molecule has 1 heterocycles. The monoisotopic (exact) mass is 214 g/mol. The fraction of sp³-hybridized carbons (Fsp3) is 0.556. The molecule has 0 fully saturated rings. The first kappa shape index (κ1) is 11.4. The maximum Gasteiger partial charge on any atom is 0.308 e. The number of rotatable bonds is 2. The summed E-state index contributed by atoms with van der Waals surface area (Å²) >= 11 is 0. The lowest BCUT2D eigenvalue weighted by Crippen LogP contribution is -2.24. The molecule has 0 aliphatic rings. The lowest BCUT2D eigenvalue weighted by atomic mass is 10.1. The zero-order chi connectivity index (χ0) is 11.8. The Morgan fingerprint density at radius 1 is 1.47 bits per heavy atom. The Balaban J connectivity index is 3.27. The first-order valence-electron chi connectivity index (χ1n) is 4.48. The molecule has 0 saturated heterocycles. The number of aromatic amines is 1. The van der Waals surface area contributed by atoms with Gasteiger partial charge >= 0.3 is 5.97 Å². The zero-order valence-corrected chi connectivity index (χ0v) is 8.87. The number of nitrogens with zero attached hydrogens (tertiary/aromatic N) is 1. The highest BCUT2D eigenvalue weighted by molar-refractivity contribution is 5.70. The minimum atomic E-state index is -1.15. The van der Waals surface area contributed by atoms with Crippen molar-refractivity contribution in [2.45, 2.75) is 32.7 Å². The van der Waals surface area contributed by atoms with E-state index in [1.165, 1.54) is 4.68 Å². The van der Waals surface area contributed by atoms with Gasteiger partial charge in [-0.3, -0.25) is 14.7 Å². The van der Waals surface area contributed by atoms with Crippen LogP contribution >= 0.6 is 0 Å². The van der Waals surface area contributed by atoms with E-state index in [4.69, 9.17) is 5.11 Å². The fourth-order valence-corrected chi connectivity index (χ4v) is 1.25. The normalized spacial score (nSPS) is 11.7. The van der Waals surface area contributed by atoms with Gasteiger partial charge in [-0.15, -0.1) is 0 Å². The van der Waals surface area contributed by atoms with Gasteiger partial charge in [0.2, 0.25) is 5.88 Å². The highest BCUT2D eigenvalue weighted by Crippen LogP contribution is 2.22. The number of hydrogen-bond donors (Lipinski definition) is 3. The summed E-state index contributed by atoms with van der Waals surface area (Å²) < 4.78 is 1.26. The quantitative estimate of drug-likeness (QED) is 0.658. The van der Waals surface area contributed by atoms with Crippen LogP contribution in [0.15, 0.2) is 4.79 Å². The smallest absolute Gasteiger partial charge is 0.308 e. The van der Waals surface area contributed by atoms with E-state index in [0.29, 0.717) is 0 Å². The number of carbonyl (C=O) groups is 1. The molecule has 15 heavy (non-hydrogen) atoms. The largest absolute Gasteiger partial charge is 0.493 e. The summed E-state index contributed by atoms with van der Waals surface area (Å²) in [5.74, 6) is -1.46. The average Bonchev–Trinajstić information content (AvgIpc) is 2.30. The molecule has 0 saturated carbocycles. The van der Waals surface area contributed by atoms with Gasteiger partial charge in [-0.25, -0.2) is 4.68 Å². The summed E-state index contributed by atoms with van der Waals surface area (Å²) in [6.07, 6.45) is -0.482. The minimum Gasteiger partial charge on any atom is -0.493 e. The second-order valence-electron chi connectivity index (χ2n) is 4.32. The van der Waals surface area contributed by atoms with Crippen LogP contribution in [-0.2, 0) is 16.8 Å². The van der Waals surface area contributed by atoms with Crippen molar-refractivity contribution in [1.29, 1.82) is 0 Å². The van der Waals surface area contributed by atoms with Crippen LogP contribution in [0, 0.1) is 0 Å². The molecule has 3 N–H and O–H groups in total. The molecule has 1 rings (SSSR count). The van der Waals surface area contributed by atoms with E-state index < -0.39 is 23.5 Å². The molecular weight excluding hydrogens is 200 g/mol. The SMILES string of the molecule is CC(C)(C)n1[nH]c(=O)c(CC(=O)O)c1O. The van der Waals surface area contributed by atoms with Gasteiger partial charge in [0, 0.05) is 0 Å². The lowest BCUT2D eigenvalue weighted by molar-refractivity contribution is -0.136. The Kier molecular flexibility index (Phi) is 2.61. The summed E-state index contributed by atoms with van der Waals surface area (Å²) in [6, 6.07) is 0. The Labute approximate surface area is 86.1 Å². The van der Waals surface area contributed by atoms with E-state index in [2.05, 4.69) is 5.10 Å². The number of carboxylic acid groups (broad SMARTS) is 1. The van der Waals surface area contributed by atoms with Crippen molar-refractivity contribution in [1.82, 2.24) is 9.78 Å². The highest BCUT2D eigenvalue weighted by atomic mass is 16.4. The number of nitrogens with one attached hydrogen (secondary N) is 1. The summed E-state index contributed by atoms with van der Waals surface area (Å²) in [5.41, 5.74) is -1.18. The molecule has 6 heteroatoms. The maximum atomic E-state index is 11.3. The molecule has 1 aromatic heterocycles. The highest BCUT2D eigenvalue weighted by Gasteiger charge is 2.23. The molecular formula is C9H14N2O4. The van der Waals surface area contributed by atoms with Crippen LogP contribution in [0.1, 0.15) is 26.3 Å². The maximum absolute atomic E-state index is 11.3. The van der Waals surface area contributed by atoms with Crippen LogP contribution in [0.25, 0.3) is 0 Å². The van der Waals surface area contributed by atoms with Gasteiger partial charge in [0.1, 0.15) is 0 Å². The van der Waals surface area contributed by atoms with Crippen LogP contribution in [0.5, 0.6) is 5.88 Å². The number of aromatic nitrogens is 2. The average molecular weight is 214 g/mol. The standard InChI is InChI=1S/C9H14N2O4/c1-9(2,3)11-8(15)5(4-6(12)13)7(14)10-11/h15H,4H2,1-3H3,(H,10,14)(H,12,13). The number of H-pyrrole nitrogens is 1. The molecule has 0 atom stereocenters. The molecule has 0 amide bonds. The predicted octanol–water partition coefficient (Wildman–Crippen LogP) is 0.264. The van der Waals surface area contributed by atoms with Crippen molar-refractivity contribution in [3.63, 3.8) is 0 Å². The molecule has 0 bridgehead atoms. The number of aromatic hydroxyl groups is 1. The van der Waals surface area contributed by atoms with Crippen LogP contribution in [0.3, 0.4) is 0 Å². The summed E-state index contributed by atoms with van der Waals surface area (Å²) in [7, 11) is 0. The fourth-order valence-electron chi connectivity index (χ4n) is 1.25. The summed E-state index contributed by atoms with van der Waals surface area (Å²) in [6.45, 7) is 5.35. The van der Waals surface area contributed by atoms with E-state index in [1.54, 1.807) is 20.8 Å². The molecule has 0 aromatic carbocycles. The van der Waals surface area contributed by atoms with Gasteiger partial charge in [0.15, 0.2) is 0 Å². The third-order valence-electron chi connectivity index (χ3n) is 1.97. The number of hydrogen-bond acceptors (Lipinski definition) is 3. The lowest BCUT2D eigenvalue weighted by Gasteiger charge is -2.20. The van der Waals surface area contributed by atoms with E-state index in [9.17, 15) is 14.7 Å². The molecule has 6 nitrogen and oxygen atoms in total. The second-order valence-corrected chi connectivity index (χ2v) is 4.32. The number of aliphatic carboxylic acids is 1. The van der Waals surface area contributed by atoms with Gasteiger partial charge in [0.25, 0.3) is 5.56 Å². The molecule has 0 radical (unpaired) electrons. The van der Waals surface area contributed by atoms with Crippen molar-refractivity contribution in [3.05, 3.63) is 15.9 Å². The Bertz CT molecular complexity index is 436. The third-order valence-corrected chi connectivity index (χ3v) is 1.97. The van der Waals surface area contributed by atoms with Crippen LogP contribution in [0.2, 0.25) is 0 Å². The molecule has 0 aliphatic carbocycles. The van der Waals surface area contributed by atoms with Crippen molar-refractivity contribution in [2.75, 3.05) is 0 Å². The molecule has 0 unspecified atom stereocenters. The molecule has 1 aromatic rings. The van der Waals surface area contributed by atoms with Gasteiger partial charge < -0.3 is 10.2 Å². The Morgan fingerprint density at radius 3 is 2.33 bits per heavy atom. The van der Waals surface area contributed by atoms with Gasteiger partial charge in [-0.1, -0.05) is 0 Å². The van der Waals surface area contributed by atoms with Gasteiger partial charge in [-0.05, 0) is 20.8 Å². The van der Waals surface area contributed by atoms with Gasteiger partial charge in [-0.2, -0.15) is 0 Å². The van der Waals surface area contributed by atoms with E-state index >= 15 is 0 Å². The third kappa shape index (κ3) is 2.20. The predicted molar refractivity (Wildman–Crippen MR) is 53.1 cm³/mol. The van der Waals surface area contributed by atoms with Crippen molar-refractivity contribution in [3.8, 4) is 5.88 Å². The molecule has 0 spiro atoms. The Morgan fingerprint density at radius 2 is 2.00 bits per heavy atom. The van der Waals surface area contributed by atoms with Crippen LogP contribution in [0.4, 0.5) is 0 Å². The molecule has 84 valence electrons. The first-order chi connectivity index (χ1) is 6.73. The van der Waals surface area contributed by atoms with Crippen LogP contribution in [-0.4, -0.2) is 26.0 Å². The van der Waals surface area contributed by atoms with Crippen molar-refractivity contribution in [2.24, 2.45) is 0 Å². The zero-order valence-electron chi connectivity index (χ0n) is 8.87. The summed E-state index contributed by atoms with van der Waals surface area (Å²) in [5, 5.41) is 20.6. The van der Waals surface area contributed by atoms with E-state index in [1.807, 2.05) is 0 Å².